The second kappa shape index (κ2) is 18.5. The van der Waals surface area contributed by atoms with Gasteiger partial charge in [0.1, 0.15) is 11.5 Å². The van der Waals surface area contributed by atoms with E-state index in [9.17, 15) is 17.3 Å². The second-order valence-corrected chi connectivity index (χ2v) is 25.7. The van der Waals surface area contributed by atoms with Crippen LogP contribution >= 0.6 is 15.8 Å². The number of ether oxygens (including phenoxy) is 2. The number of hydrogen-bond acceptors (Lipinski definition) is 2. The normalized spacial score (nSPS) is 21.7. The summed E-state index contributed by atoms with van der Waals surface area (Å²) in [5.74, 6) is 3.44. The Kier molecular flexibility index (Phi) is 13.2. The molecule has 343 valence electrons. The van der Waals surface area contributed by atoms with E-state index in [1.807, 2.05) is 0 Å². The van der Waals surface area contributed by atoms with Gasteiger partial charge < -0.3 is 26.7 Å². The molecule has 0 saturated heterocycles. The van der Waals surface area contributed by atoms with Crippen molar-refractivity contribution in [3.8, 4) is 33.8 Å². The van der Waals surface area contributed by atoms with Crippen molar-refractivity contribution < 1.29 is 46.2 Å². The van der Waals surface area contributed by atoms with Gasteiger partial charge in [-0.05, 0) is 160 Å². The monoisotopic (exact) mass is 1020 g/mol. The molecule has 2 bridgehead atoms. The first-order valence-corrected chi connectivity index (χ1v) is 25.6. The number of fused-ring (bicyclic) bond motifs is 8. The van der Waals surface area contributed by atoms with Crippen LogP contribution in [0.5, 0.6) is 11.5 Å². The predicted octanol–water partition coefficient (Wildman–Crippen LogP) is 16.3. The molecule has 8 aromatic carbocycles. The minimum atomic E-state index is -6.00. The van der Waals surface area contributed by atoms with E-state index in [2.05, 4.69) is 213 Å². The third-order valence-corrected chi connectivity index (χ3v) is 19.8. The Morgan fingerprint density at radius 1 is 0.448 bits per heavy atom. The third-order valence-electron chi connectivity index (χ3n) is 13.0. The van der Waals surface area contributed by atoms with Crippen molar-refractivity contribution in [1.29, 1.82) is 0 Å². The first-order valence-electron chi connectivity index (χ1n) is 22.8. The Morgan fingerprint density at radius 2 is 0.746 bits per heavy atom. The topological polar surface area (TPSA) is 18.5 Å². The molecule has 2 aliphatic heterocycles. The van der Waals surface area contributed by atoms with Crippen LogP contribution in [0.15, 0.2) is 146 Å². The van der Waals surface area contributed by atoms with Crippen LogP contribution in [-0.4, -0.2) is 29.3 Å². The van der Waals surface area contributed by atoms with Crippen LogP contribution < -0.4 is 20.1 Å². The Morgan fingerprint density at radius 3 is 1.01 bits per heavy atom. The molecular weight excluding hydrogens is 968 g/mol. The van der Waals surface area contributed by atoms with Gasteiger partial charge in [0, 0.05) is 30.1 Å². The fraction of sp³-hybridized carbons (Fsp3) is 0.228. The van der Waals surface area contributed by atoms with Crippen molar-refractivity contribution in [3.05, 3.63) is 171 Å². The van der Waals surface area contributed by atoms with E-state index >= 15 is 0 Å². The van der Waals surface area contributed by atoms with Crippen molar-refractivity contribution in [2.24, 2.45) is 11.8 Å². The minimum absolute atomic E-state index is 0. The largest absolute Gasteiger partial charge is 0.673 e. The fourth-order valence-corrected chi connectivity index (χ4v) is 17.4. The van der Waals surface area contributed by atoms with Gasteiger partial charge in [-0.25, -0.2) is 0 Å². The van der Waals surface area contributed by atoms with Crippen LogP contribution in [0.4, 0.5) is 17.3 Å². The van der Waals surface area contributed by atoms with Gasteiger partial charge in [0.05, 0.1) is 0 Å². The summed E-state index contributed by atoms with van der Waals surface area (Å²) >= 11 is 0. The number of rotatable bonds is 3. The summed E-state index contributed by atoms with van der Waals surface area (Å²) in [5.41, 5.74) is 5.20. The minimum Gasteiger partial charge on any atom is -0.481 e. The Hall–Kier alpha value is -4.33. The maximum absolute atomic E-state index is 9.75. The molecule has 0 N–H and O–H groups in total. The smallest absolute Gasteiger partial charge is 0.481 e. The summed E-state index contributed by atoms with van der Waals surface area (Å²) in [6.07, 6.45) is 10.5. The molecule has 12 rings (SSSR count). The first-order chi connectivity index (χ1) is 31.5. The maximum atomic E-state index is 9.75. The van der Waals surface area contributed by atoms with Crippen LogP contribution in [0, 0.1) is 37.5 Å². The van der Waals surface area contributed by atoms with Gasteiger partial charge in [0.25, 0.3) is 0 Å². The van der Waals surface area contributed by atoms with E-state index in [-0.39, 0.29) is 41.5 Å². The molecular formula is C57H52BF4O2P2Rh-. The van der Waals surface area contributed by atoms with Crippen LogP contribution in [-0.2, 0) is 19.5 Å². The summed E-state index contributed by atoms with van der Waals surface area (Å²) in [6, 6.07) is 53.6. The van der Waals surface area contributed by atoms with Crippen LogP contribution in [0.25, 0.3) is 65.3 Å². The van der Waals surface area contributed by atoms with E-state index < -0.39 is 23.1 Å². The van der Waals surface area contributed by atoms with Gasteiger partial charge >= 0.3 is 7.25 Å². The summed E-state index contributed by atoms with van der Waals surface area (Å²) in [7, 11) is -7.72. The molecule has 2 nitrogen and oxygen atoms in total. The Labute approximate surface area is 407 Å². The molecule has 4 aliphatic rings. The van der Waals surface area contributed by atoms with Crippen LogP contribution in [0.1, 0.15) is 48.0 Å². The van der Waals surface area contributed by atoms with Gasteiger partial charge in [0.15, 0.2) is 11.7 Å². The maximum Gasteiger partial charge on any atom is 0.673 e. The zero-order chi connectivity index (χ0) is 46.1. The number of halogens is 4. The summed E-state index contributed by atoms with van der Waals surface area (Å²) < 4.78 is 53.8. The predicted molar refractivity (Wildman–Crippen MR) is 274 cm³/mol. The molecule has 8 aromatic rings. The van der Waals surface area contributed by atoms with Gasteiger partial charge in [0.2, 0.25) is 0 Å². The van der Waals surface area contributed by atoms with E-state index in [0.717, 1.165) is 23.3 Å². The molecule has 2 fully saturated rings. The van der Waals surface area contributed by atoms with Crippen molar-refractivity contribution in [1.82, 2.24) is 0 Å². The van der Waals surface area contributed by atoms with Gasteiger partial charge in [-0.1, -0.05) is 163 Å². The van der Waals surface area contributed by atoms with Crippen molar-refractivity contribution in [2.75, 3.05) is 0 Å². The van der Waals surface area contributed by atoms with Crippen molar-refractivity contribution in [3.63, 3.8) is 0 Å². The molecule has 0 spiro atoms. The molecule has 0 unspecified atom stereocenters. The second-order valence-electron chi connectivity index (χ2n) is 19.6. The van der Waals surface area contributed by atoms with Crippen LogP contribution in [0.3, 0.4) is 0 Å². The standard InChI is InChI=1S/C50H44O2P2.C7H8.BF4.Rh/c1-49(2,3)53-45-39(43-35-21-11-7-17-31(35)29-32-18-8-12-22-36(32)43)25-15-27-41(45)51-47(53)48-52-42-28-16-26-40(46(42)54(48)50(4,5)6)44-37-23-13-9-19-33(37)30-34-20-10-14-24-38(34)44;1-2-7-4-3-6(1)5-7;2-1(3,4)5;/h7-30,47-48H,1-6H3;1-4,6-7H,5H2;;/q;;-1;/t47-,48-,53+,54+;;;/m0.../s1. The SMILES string of the molecule is CC(C)(C)[P@]1c2c(cccc2-c2c3ccccc3cc3ccccc23)O[C@@H]1[C@H]1Oc2cccc(-c3c4ccccc4cc4ccccc34)c2[P@@]1C(C)(C)C.F[B-](F)(F)F.[CH]1[CH]C2[CH][CH]C1C2.[Rh]. The number of hydrogen-bond donors (Lipinski definition) is 0. The number of benzene rings is 8. The summed E-state index contributed by atoms with van der Waals surface area (Å²) in [4.78, 5) is 0. The van der Waals surface area contributed by atoms with E-state index in [4.69, 9.17) is 9.47 Å². The molecule has 2 heterocycles. The summed E-state index contributed by atoms with van der Waals surface area (Å²) in [6.45, 7) is 14.5. The molecule has 4 atom stereocenters. The average molecular weight is 1020 g/mol. The van der Waals surface area contributed by atoms with Gasteiger partial charge in [-0.15, -0.1) is 0 Å². The molecule has 0 aromatic heterocycles. The Bertz CT molecular complexity index is 2800. The third kappa shape index (κ3) is 9.30. The van der Waals surface area contributed by atoms with Crippen LogP contribution in [0.2, 0.25) is 0 Å². The average Bonchev–Trinajstić information content (AvgIpc) is 4.10. The fourth-order valence-electron chi connectivity index (χ4n) is 10.5. The van der Waals surface area contributed by atoms with E-state index in [0.29, 0.717) is 0 Å². The van der Waals surface area contributed by atoms with Gasteiger partial charge in [-0.3, -0.25) is 0 Å². The van der Waals surface area contributed by atoms with Crippen molar-refractivity contribution >= 4 is 76.8 Å². The van der Waals surface area contributed by atoms with E-state index in [1.54, 1.807) is 0 Å². The molecule has 5 radical (unpaired) electrons. The van der Waals surface area contributed by atoms with Gasteiger partial charge in [-0.2, -0.15) is 0 Å². The molecule has 0 amide bonds. The summed E-state index contributed by atoms with van der Waals surface area (Å²) in [5, 5.41) is 12.8. The molecule has 2 saturated carbocycles. The zero-order valence-corrected chi connectivity index (χ0v) is 41.7. The quantitative estimate of drug-likeness (QED) is 0.0760. The zero-order valence-electron chi connectivity index (χ0n) is 38.3. The molecule has 2 aliphatic carbocycles. The molecule has 10 heteroatoms. The van der Waals surface area contributed by atoms with Crippen molar-refractivity contribution in [2.45, 2.75) is 70.0 Å². The van der Waals surface area contributed by atoms with E-state index in [1.165, 1.54) is 82.4 Å². The Balaban J connectivity index is 0.000000378. The molecule has 67 heavy (non-hydrogen) atoms. The first kappa shape index (κ1) is 47.7.